The third-order valence-electron chi connectivity index (χ3n) is 3.35. The van der Waals surface area contributed by atoms with E-state index in [9.17, 15) is 18.0 Å². The Hall–Kier alpha value is -0.910. The van der Waals surface area contributed by atoms with Gasteiger partial charge in [-0.2, -0.15) is 0 Å². The molecule has 1 aliphatic rings. The third kappa shape index (κ3) is 3.28. The lowest BCUT2D eigenvalue weighted by atomic mass is 9.94. The van der Waals surface area contributed by atoms with Gasteiger partial charge in [0.05, 0.1) is 0 Å². The average molecular weight is 261 g/mol. The van der Waals surface area contributed by atoms with E-state index in [0.29, 0.717) is 25.7 Å². The molecule has 1 N–H and O–H groups in total. The predicted molar refractivity (Wildman–Crippen MR) is 64.3 cm³/mol. The van der Waals surface area contributed by atoms with Crippen LogP contribution in [0.4, 0.5) is 0 Å². The second kappa shape index (κ2) is 4.76. The first-order valence-corrected chi connectivity index (χ1v) is 7.56. The van der Waals surface area contributed by atoms with Crippen LogP contribution in [0.3, 0.4) is 0 Å². The van der Waals surface area contributed by atoms with E-state index in [4.69, 9.17) is 0 Å². The fourth-order valence-corrected chi connectivity index (χ4v) is 2.01. The summed E-state index contributed by atoms with van der Waals surface area (Å²) in [5, 5.41) is 2.72. The Morgan fingerprint density at radius 2 is 1.76 bits per heavy atom. The van der Waals surface area contributed by atoms with E-state index < -0.39 is 20.5 Å². The summed E-state index contributed by atoms with van der Waals surface area (Å²) in [6, 6.07) is -0.0822. The molecular formula is C11H19NO4S. The number of ketones is 1. The highest BCUT2D eigenvalue weighted by molar-refractivity contribution is 7.92. The fraction of sp³-hybridized carbons (Fsp3) is 0.818. The molecule has 0 aromatic carbocycles. The van der Waals surface area contributed by atoms with Crippen molar-refractivity contribution in [2.24, 2.45) is 0 Å². The van der Waals surface area contributed by atoms with Crippen LogP contribution in [0.1, 0.15) is 39.5 Å². The first kappa shape index (κ1) is 14.2. The normalized spacial score (nSPS) is 19.1. The second-order valence-corrected chi connectivity index (χ2v) is 7.63. The molecule has 0 aromatic rings. The maximum Gasteiger partial charge on any atom is 0.241 e. The number of carbonyl (C=O) groups is 2. The lowest BCUT2D eigenvalue weighted by molar-refractivity contribution is -0.125. The Morgan fingerprint density at radius 3 is 2.18 bits per heavy atom. The maximum atomic E-state index is 11.9. The van der Waals surface area contributed by atoms with Crippen molar-refractivity contribution >= 4 is 21.5 Å². The molecule has 5 nitrogen and oxygen atoms in total. The van der Waals surface area contributed by atoms with Gasteiger partial charge in [0.1, 0.15) is 10.5 Å². The molecule has 1 fully saturated rings. The summed E-state index contributed by atoms with van der Waals surface area (Å²) in [6.45, 7) is 2.79. The van der Waals surface area contributed by atoms with Crippen LogP contribution in [0.2, 0.25) is 0 Å². The largest absolute Gasteiger partial charge is 0.352 e. The van der Waals surface area contributed by atoms with E-state index in [2.05, 4.69) is 5.32 Å². The SMILES string of the molecule is CC(C)(C(=O)NC1CCC(=O)CC1)S(C)(=O)=O. The van der Waals surface area contributed by atoms with Gasteiger partial charge in [0.15, 0.2) is 9.84 Å². The van der Waals surface area contributed by atoms with Gasteiger partial charge in [-0.05, 0) is 26.7 Å². The van der Waals surface area contributed by atoms with Gasteiger partial charge in [-0.3, -0.25) is 9.59 Å². The Bertz CT molecular complexity index is 415. The molecule has 1 saturated carbocycles. The Kier molecular flexibility index (Phi) is 3.96. The van der Waals surface area contributed by atoms with E-state index in [1.165, 1.54) is 13.8 Å². The van der Waals surface area contributed by atoms with E-state index in [0.717, 1.165) is 6.26 Å². The van der Waals surface area contributed by atoms with E-state index in [-0.39, 0.29) is 11.8 Å². The minimum Gasteiger partial charge on any atom is -0.352 e. The maximum absolute atomic E-state index is 11.9. The first-order valence-electron chi connectivity index (χ1n) is 5.67. The smallest absolute Gasteiger partial charge is 0.241 e. The first-order chi connectivity index (χ1) is 7.64. The average Bonchev–Trinajstić information content (AvgIpc) is 2.19. The lowest BCUT2D eigenvalue weighted by Crippen LogP contribution is -2.51. The molecule has 6 heteroatoms. The summed E-state index contributed by atoms with van der Waals surface area (Å²) in [5.41, 5.74) is 0. The summed E-state index contributed by atoms with van der Waals surface area (Å²) in [7, 11) is -3.44. The highest BCUT2D eigenvalue weighted by Crippen LogP contribution is 2.19. The van der Waals surface area contributed by atoms with Crippen LogP contribution in [0.5, 0.6) is 0 Å². The number of Topliss-reactive ketones (excluding diaryl/α,β-unsaturated/α-hetero) is 1. The van der Waals surface area contributed by atoms with Gasteiger partial charge in [-0.1, -0.05) is 0 Å². The van der Waals surface area contributed by atoms with Crippen molar-refractivity contribution in [2.75, 3.05) is 6.26 Å². The van der Waals surface area contributed by atoms with E-state index >= 15 is 0 Å². The Balaban J connectivity index is 2.64. The second-order valence-electron chi connectivity index (χ2n) is 5.07. The van der Waals surface area contributed by atoms with Gasteiger partial charge in [0.25, 0.3) is 0 Å². The van der Waals surface area contributed by atoms with Crippen LogP contribution in [-0.2, 0) is 19.4 Å². The molecule has 0 heterocycles. The predicted octanol–water partition coefficient (Wildman–Crippen LogP) is 0.438. The van der Waals surface area contributed by atoms with Crippen molar-refractivity contribution < 1.29 is 18.0 Å². The monoisotopic (exact) mass is 261 g/mol. The van der Waals surface area contributed by atoms with Crippen molar-refractivity contribution in [2.45, 2.75) is 50.3 Å². The van der Waals surface area contributed by atoms with Gasteiger partial charge in [-0.25, -0.2) is 8.42 Å². The van der Waals surface area contributed by atoms with E-state index in [1.54, 1.807) is 0 Å². The number of hydrogen-bond acceptors (Lipinski definition) is 4. The summed E-state index contributed by atoms with van der Waals surface area (Å²) < 4.78 is 21.5. The zero-order valence-corrected chi connectivity index (χ0v) is 11.3. The molecular weight excluding hydrogens is 242 g/mol. The summed E-state index contributed by atoms with van der Waals surface area (Å²) in [4.78, 5) is 22.9. The molecule has 0 aliphatic heterocycles. The molecule has 0 unspecified atom stereocenters. The molecule has 0 saturated heterocycles. The van der Waals surface area contributed by atoms with Gasteiger partial charge < -0.3 is 5.32 Å². The van der Waals surface area contributed by atoms with Crippen LogP contribution < -0.4 is 5.32 Å². The topological polar surface area (TPSA) is 80.3 Å². The molecule has 0 aromatic heterocycles. The zero-order valence-electron chi connectivity index (χ0n) is 10.4. The molecule has 1 amide bonds. The summed E-state index contributed by atoms with van der Waals surface area (Å²) in [5.74, 6) is -0.280. The number of amides is 1. The number of nitrogens with one attached hydrogen (secondary N) is 1. The molecule has 0 spiro atoms. The lowest BCUT2D eigenvalue weighted by Gasteiger charge is -2.27. The molecule has 1 aliphatic carbocycles. The van der Waals surface area contributed by atoms with Crippen LogP contribution in [0.15, 0.2) is 0 Å². The van der Waals surface area contributed by atoms with Crippen LogP contribution in [0.25, 0.3) is 0 Å². The van der Waals surface area contributed by atoms with Gasteiger partial charge in [-0.15, -0.1) is 0 Å². The minimum absolute atomic E-state index is 0.0822. The quantitative estimate of drug-likeness (QED) is 0.799. The molecule has 1 rings (SSSR count). The minimum atomic E-state index is -3.44. The highest BCUT2D eigenvalue weighted by Gasteiger charge is 2.39. The Morgan fingerprint density at radius 1 is 1.29 bits per heavy atom. The van der Waals surface area contributed by atoms with Crippen molar-refractivity contribution in [1.82, 2.24) is 5.32 Å². The van der Waals surface area contributed by atoms with Crippen molar-refractivity contribution in [3.8, 4) is 0 Å². The number of sulfone groups is 1. The van der Waals surface area contributed by atoms with Gasteiger partial charge >= 0.3 is 0 Å². The van der Waals surface area contributed by atoms with Gasteiger partial charge in [0, 0.05) is 25.1 Å². The molecule has 98 valence electrons. The zero-order chi connectivity index (χ0) is 13.3. The molecule has 0 bridgehead atoms. The summed E-state index contributed by atoms with van der Waals surface area (Å²) in [6.07, 6.45) is 3.18. The van der Waals surface area contributed by atoms with E-state index in [1.807, 2.05) is 0 Å². The molecule has 0 radical (unpaired) electrons. The Labute approximate surface area is 102 Å². The van der Waals surface area contributed by atoms with Crippen molar-refractivity contribution in [3.05, 3.63) is 0 Å². The van der Waals surface area contributed by atoms with Crippen LogP contribution in [0, 0.1) is 0 Å². The fourth-order valence-electron chi connectivity index (χ4n) is 1.61. The molecule has 0 atom stereocenters. The van der Waals surface area contributed by atoms with Crippen LogP contribution in [-0.4, -0.2) is 37.2 Å². The summed E-state index contributed by atoms with van der Waals surface area (Å²) >= 11 is 0. The molecule has 17 heavy (non-hydrogen) atoms. The number of rotatable bonds is 3. The van der Waals surface area contributed by atoms with Crippen molar-refractivity contribution in [3.63, 3.8) is 0 Å². The highest BCUT2D eigenvalue weighted by atomic mass is 32.2. The number of hydrogen-bond donors (Lipinski definition) is 1. The van der Waals surface area contributed by atoms with Crippen LogP contribution >= 0.6 is 0 Å². The number of carbonyl (C=O) groups excluding carboxylic acids is 2. The standard InChI is InChI=1S/C11H19NO4S/c1-11(2,17(3,15)16)10(14)12-8-4-6-9(13)7-5-8/h8H,4-7H2,1-3H3,(H,12,14). The van der Waals surface area contributed by atoms with Gasteiger partial charge in [0.2, 0.25) is 5.91 Å². The third-order valence-corrected chi connectivity index (χ3v) is 5.39. The van der Waals surface area contributed by atoms with Crippen molar-refractivity contribution in [1.29, 1.82) is 0 Å².